The topological polar surface area (TPSA) is 55.4 Å². The van der Waals surface area contributed by atoms with Crippen LogP contribution in [0, 0.1) is 0 Å². The van der Waals surface area contributed by atoms with Crippen molar-refractivity contribution in [3.63, 3.8) is 0 Å². The van der Waals surface area contributed by atoms with Crippen molar-refractivity contribution in [2.24, 2.45) is 0 Å². The first-order valence-corrected chi connectivity index (χ1v) is 8.64. The summed E-state index contributed by atoms with van der Waals surface area (Å²) in [5, 5.41) is 3.83. The van der Waals surface area contributed by atoms with Crippen molar-refractivity contribution >= 4 is 35.1 Å². The molecular weight excluding hydrogens is 361 g/mol. The molecule has 0 heterocycles. The number of hydrogen-bond acceptors (Lipinski definition) is 3. The van der Waals surface area contributed by atoms with E-state index < -0.39 is 0 Å². The van der Waals surface area contributed by atoms with Crippen LogP contribution in [0.5, 0.6) is 0 Å². The maximum absolute atomic E-state index is 12.2. The lowest BCUT2D eigenvalue weighted by atomic mass is 9.96. The van der Waals surface area contributed by atoms with Crippen LogP contribution in [-0.4, -0.2) is 25.0 Å². The molecule has 0 aliphatic carbocycles. The number of rotatable bonds is 7. The summed E-state index contributed by atoms with van der Waals surface area (Å²) in [5.74, 6) is -0.541. The van der Waals surface area contributed by atoms with Crippen molar-refractivity contribution in [1.29, 1.82) is 0 Å². The molecule has 0 saturated carbocycles. The van der Waals surface area contributed by atoms with E-state index in [4.69, 9.17) is 27.9 Å². The number of ether oxygens (including phenoxy) is 1. The van der Waals surface area contributed by atoms with Crippen molar-refractivity contribution < 1.29 is 14.3 Å². The molecule has 1 atom stereocenters. The standard InChI is InChI=1S/C19H19Cl2NO3/c1-13(23)25-10-9-16(15-7-8-17(20)18(21)11-15)12-22-19(24)14-5-3-2-4-6-14/h2-8,11,16H,9-10,12H2,1H3,(H,22,24). The number of esters is 1. The zero-order valence-electron chi connectivity index (χ0n) is 13.8. The van der Waals surface area contributed by atoms with Gasteiger partial charge in [0.2, 0.25) is 0 Å². The third kappa shape index (κ3) is 6.07. The zero-order valence-corrected chi connectivity index (χ0v) is 15.3. The molecule has 1 amide bonds. The van der Waals surface area contributed by atoms with Crippen LogP contribution < -0.4 is 5.32 Å². The van der Waals surface area contributed by atoms with E-state index in [9.17, 15) is 9.59 Å². The fraction of sp³-hybridized carbons (Fsp3) is 0.263. The Bertz CT molecular complexity index is 735. The number of carbonyl (C=O) groups excluding carboxylic acids is 2. The molecule has 0 fully saturated rings. The molecule has 2 aromatic carbocycles. The molecule has 25 heavy (non-hydrogen) atoms. The fourth-order valence-electron chi connectivity index (χ4n) is 2.41. The maximum atomic E-state index is 12.2. The van der Waals surface area contributed by atoms with Crippen molar-refractivity contribution in [2.45, 2.75) is 19.3 Å². The van der Waals surface area contributed by atoms with Gasteiger partial charge in [-0.1, -0.05) is 47.5 Å². The molecule has 2 aromatic rings. The fourth-order valence-corrected chi connectivity index (χ4v) is 2.71. The van der Waals surface area contributed by atoms with E-state index in [2.05, 4.69) is 5.32 Å². The largest absolute Gasteiger partial charge is 0.466 e. The van der Waals surface area contributed by atoms with Crippen molar-refractivity contribution in [3.8, 4) is 0 Å². The van der Waals surface area contributed by atoms with Gasteiger partial charge in [0.25, 0.3) is 5.91 Å². The number of benzene rings is 2. The molecule has 6 heteroatoms. The molecule has 1 N–H and O–H groups in total. The van der Waals surface area contributed by atoms with Gasteiger partial charge < -0.3 is 10.1 Å². The summed E-state index contributed by atoms with van der Waals surface area (Å²) in [6.45, 7) is 2.03. The Morgan fingerprint density at radius 1 is 1.08 bits per heavy atom. The van der Waals surface area contributed by atoms with Crippen LogP contribution in [0.15, 0.2) is 48.5 Å². The minimum atomic E-state index is -0.332. The molecule has 2 rings (SSSR count). The van der Waals surface area contributed by atoms with Crippen LogP contribution in [0.3, 0.4) is 0 Å². The highest BCUT2D eigenvalue weighted by Crippen LogP contribution is 2.28. The molecule has 4 nitrogen and oxygen atoms in total. The van der Waals surface area contributed by atoms with Gasteiger partial charge in [-0.25, -0.2) is 0 Å². The zero-order chi connectivity index (χ0) is 18.2. The Kier molecular flexibility index (Phi) is 7.29. The number of hydrogen-bond donors (Lipinski definition) is 1. The Morgan fingerprint density at radius 2 is 1.80 bits per heavy atom. The normalized spacial score (nSPS) is 11.6. The first-order chi connectivity index (χ1) is 12.0. The summed E-state index contributed by atoms with van der Waals surface area (Å²) in [4.78, 5) is 23.2. The molecule has 0 radical (unpaired) electrons. The SMILES string of the molecule is CC(=O)OCCC(CNC(=O)c1ccccc1)c1ccc(Cl)c(Cl)c1. The summed E-state index contributed by atoms with van der Waals surface area (Å²) in [6.07, 6.45) is 0.562. The number of nitrogens with one attached hydrogen (secondary N) is 1. The predicted molar refractivity (Wildman–Crippen MR) is 99.2 cm³/mol. The van der Waals surface area contributed by atoms with E-state index in [1.54, 1.807) is 24.3 Å². The van der Waals surface area contributed by atoms with Gasteiger partial charge in [0.05, 0.1) is 16.7 Å². The second kappa shape index (κ2) is 9.44. The van der Waals surface area contributed by atoms with Gasteiger partial charge in [0.15, 0.2) is 0 Å². The molecule has 1 unspecified atom stereocenters. The van der Waals surface area contributed by atoms with Gasteiger partial charge in [-0.2, -0.15) is 0 Å². The molecule has 0 spiro atoms. The highest BCUT2D eigenvalue weighted by atomic mass is 35.5. The Labute approximate surface area is 157 Å². The molecule has 132 valence electrons. The Balaban J connectivity index is 2.06. The second-order valence-electron chi connectivity index (χ2n) is 5.58. The van der Waals surface area contributed by atoms with Gasteiger partial charge in [-0.05, 0) is 36.2 Å². The smallest absolute Gasteiger partial charge is 0.302 e. The number of carbonyl (C=O) groups is 2. The van der Waals surface area contributed by atoms with Crippen molar-refractivity contribution in [3.05, 3.63) is 69.7 Å². The van der Waals surface area contributed by atoms with E-state index in [1.165, 1.54) is 6.92 Å². The van der Waals surface area contributed by atoms with E-state index >= 15 is 0 Å². The quantitative estimate of drug-likeness (QED) is 0.722. The van der Waals surface area contributed by atoms with Gasteiger partial charge in [0, 0.05) is 24.9 Å². The predicted octanol–water partition coefficient (Wildman–Crippen LogP) is 4.46. The summed E-state index contributed by atoms with van der Waals surface area (Å²) in [7, 11) is 0. The molecule has 0 saturated heterocycles. The van der Waals surface area contributed by atoms with E-state index in [0.29, 0.717) is 28.6 Å². The molecule has 0 aliphatic heterocycles. The highest BCUT2D eigenvalue weighted by molar-refractivity contribution is 6.42. The van der Waals surface area contributed by atoms with E-state index in [0.717, 1.165) is 5.56 Å². The van der Waals surface area contributed by atoms with Crippen LogP contribution in [0.4, 0.5) is 0 Å². The first-order valence-electron chi connectivity index (χ1n) is 7.89. The average Bonchev–Trinajstić information content (AvgIpc) is 2.60. The summed E-state index contributed by atoms with van der Waals surface area (Å²) >= 11 is 12.1. The van der Waals surface area contributed by atoms with Crippen LogP contribution >= 0.6 is 23.2 Å². The van der Waals surface area contributed by atoms with Crippen LogP contribution in [-0.2, 0) is 9.53 Å². The van der Waals surface area contributed by atoms with Gasteiger partial charge in [-0.3, -0.25) is 9.59 Å². The summed E-state index contributed by atoms with van der Waals surface area (Å²) in [6, 6.07) is 14.3. The van der Waals surface area contributed by atoms with Crippen molar-refractivity contribution in [1.82, 2.24) is 5.32 Å². The number of halogens is 2. The van der Waals surface area contributed by atoms with Gasteiger partial charge >= 0.3 is 5.97 Å². The average molecular weight is 380 g/mol. The van der Waals surface area contributed by atoms with Crippen molar-refractivity contribution in [2.75, 3.05) is 13.2 Å². The highest BCUT2D eigenvalue weighted by Gasteiger charge is 2.16. The Hall–Kier alpha value is -2.04. The Morgan fingerprint density at radius 3 is 2.44 bits per heavy atom. The molecule has 0 aliphatic rings. The molecule has 0 bridgehead atoms. The number of amides is 1. The van der Waals surface area contributed by atoms with Crippen LogP contribution in [0.2, 0.25) is 10.0 Å². The lowest BCUT2D eigenvalue weighted by Crippen LogP contribution is -2.29. The summed E-state index contributed by atoms with van der Waals surface area (Å²) < 4.78 is 5.03. The lowest BCUT2D eigenvalue weighted by Gasteiger charge is -2.19. The third-order valence-corrected chi connectivity index (χ3v) is 4.47. The minimum Gasteiger partial charge on any atom is -0.466 e. The van der Waals surface area contributed by atoms with Crippen LogP contribution in [0.1, 0.15) is 35.2 Å². The maximum Gasteiger partial charge on any atom is 0.302 e. The first kappa shape index (κ1) is 19.3. The van der Waals surface area contributed by atoms with Crippen LogP contribution in [0.25, 0.3) is 0 Å². The molecular formula is C19H19Cl2NO3. The van der Waals surface area contributed by atoms with Gasteiger partial charge in [0.1, 0.15) is 0 Å². The van der Waals surface area contributed by atoms with E-state index in [1.807, 2.05) is 24.3 Å². The second-order valence-corrected chi connectivity index (χ2v) is 6.39. The minimum absolute atomic E-state index is 0.0539. The lowest BCUT2D eigenvalue weighted by molar-refractivity contribution is -0.141. The summed E-state index contributed by atoms with van der Waals surface area (Å²) in [5.41, 5.74) is 1.52. The van der Waals surface area contributed by atoms with Gasteiger partial charge in [-0.15, -0.1) is 0 Å². The molecule has 0 aromatic heterocycles. The third-order valence-electron chi connectivity index (χ3n) is 3.73. The monoisotopic (exact) mass is 379 g/mol. The van der Waals surface area contributed by atoms with E-state index in [-0.39, 0.29) is 24.4 Å².